The maximum atomic E-state index is 11.2. The Bertz CT molecular complexity index is 361. The van der Waals surface area contributed by atoms with Crippen LogP contribution in [0.3, 0.4) is 0 Å². The molecule has 0 aromatic heterocycles. The van der Waals surface area contributed by atoms with E-state index in [4.69, 9.17) is 9.47 Å². The van der Waals surface area contributed by atoms with Crippen molar-refractivity contribution in [2.45, 2.75) is 12.8 Å². The van der Waals surface area contributed by atoms with Crippen molar-refractivity contribution in [1.29, 1.82) is 0 Å². The van der Waals surface area contributed by atoms with Crippen LogP contribution in [0.15, 0.2) is 28.8 Å². The molecule has 5 nitrogen and oxygen atoms in total. The van der Waals surface area contributed by atoms with Crippen LogP contribution in [0.25, 0.3) is 0 Å². The van der Waals surface area contributed by atoms with Gasteiger partial charge in [0.25, 0.3) is 0 Å². The van der Waals surface area contributed by atoms with E-state index in [2.05, 4.69) is 16.9 Å². The Balaban J connectivity index is 2.35. The summed E-state index contributed by atoms with van der Waals surface area (Å²) in [5, 5.41) is 2.47. The SMILES string of the molecule is C=CC1=C(C=NC)CC(COC(=O)NCOC)C1. The average Bonchev–Trinajstić information content (AvgIpc) is 2.76. The standard InChI is InChI=1S/C13H20N2O3/c1-4-11-5-10(6-12(11)7-14-2)8-18-13(16)15-9-17-3/h4,7,10H,1,5-6,8-9H2,2-3H3,(H,15,16). The van der Waals surface area contributed by atoms with Crippen LogP contribution < -0.4 is 5.32 Å². The fraction of sp³-hybridized carbons (Fsp3) is 0.538. The minimum absolute atomic E-state index is 0.160. The molecule has 0 radical (unpaired) electrons. The number of amides is 1. The Hall–Kier alpha value is -1.62. The van der Waals surface area contributed by atoms with Gasteiger partial charge in [-0.05, 0) is 24.0 Å². The number of alkyl carbamates (subject to hydrolysis) is 1. The van der Waals surface area contributed by atoms with Crippen molar-refractivity contribution in [3.8, 4) is 0 Å². The fourth-order valence-electron chi connectivity index (χ4n) is 1.96. The van der Waals surface area contributed by atoms with Crippen LogP contribution in [0.1, 0.15) is 12.8 Å². The predicted octanol–water partition coefficient (Wildman–Crippen LogP) is 1.91. The third-order valence-electron chi connectivity index (χ3n) is 2.77. The molecule has 1 rings (SSSR count). The first-order valence-electron chi connectivity index (χ1n) is 5.87. The molecule has 1 aliphatic carbocycles. The van der Waals surface area contributed by atoms with Crippen LogP contribution in [0.2, 0.25) is 0 Å². The minimum Gasteiger partial charge on any atom is -0.449 e. The summed E-state index contributed by atoms with van der Waals surface area (Å²) in [7, 11) is 3.25. The highest BCUT2D eigenvalue weighted by Gasteiger charge is 2.22. The number of rotatable bonds is 6. The lowest BCUT2D eigenvalue weighted by Gasteiger charge is -2.11. The van der Waals surface area contributed by atoms with Gasteiger partial charge >= 0.3 is 6.09 Å². The number of carbonyl (C=O) groups is 1. The second-order valence-electron chi connectivity index (χ2n) is 4.12. The van der Waals surface area contributed by atoms with E-state index in [1.54, 1.807) is 7.05 Å². The van der Waals surface area contributed by atoms with Crippen molar-refractivity contribution in [1.82, 2.24) is 5.32 Å². The highest BCUT2D eigenvalue weighted by Crippen LogP contribution is 2.31. The number of hydrogen-bond acceptors (Lipinski definition) is 4. The molecule has 0 aromatic rings. The summed E-state index contributed by atoms with van der Waals surface area (Å²) in [5.41, 5.74) is 2.37. The van der Waals surface area contributed by atoms with Crippen molar-refractivity contribution >= 4 is 12.3 Å². The van der Waals surface area contributed by atoms with Crippen LogP contribution in [0.5, 0.6) is 0 Å². The average molecular weight is 252 g/mol. The zero-order valence-corrected chi connectivity index (χ0v) is 10.9. The van der Waals surface area contributed by atoms with Crippen LogP contribution in [0, 0.1) is 5.92 Å². The first-order chi connectivity index (χ1) is 8.71. The molecule has 18 heavy (non-hydrogen) atoms. The summed E-state index contributed by atoms with van der Waals surface area (Å²) in [5.74, 6) is 0.305. The van der Waals surface area contributed by atoms with E-state index in [1.165, 1.54) is 18.3 Å². The van der Waals surface area contributed by atoms with E-state index in [0.717, 1.165) is 12.8 Å². The molecule has 0 spiro atoms. The molecule has 1 amide bonds. The van der Waals surface area contributed by atoms with Gasteiger partial charge in [-0.1, -0.05) is 12.7 Å². The van der Waals surface area contributed by atoms with E-state index in [-0.39, 0.29) is 6.73 Å². The smallest absolute Gasteiger partial charge is 0.408 e. The highest BCUT2D eigenvalue weighted by molar-refractivity contribution is 5.81. The third kappa shape index (κ3) is 4.33. The molecule has 0 fully saturated rings. The summed E-state index contributed by atoms with van der Waals surface area (Å²) in [6.45, 7) is 4.35. The van der Waals surface area contributed by atoms with Gasteiger partial charge < -0.3 is 9.47 Å². The van der Waals surface area contributed by atoms with Crippen molar-refractivity contribution in [3.63, 3.8) is 0 Å². The fourth-order valence-corrected chi connectivity index (χ4v) is 1.96. The zero-order chi connectivity index (χ0) is 13.4. The number of aliphatic imine (C=N–C) groups is 1. The van der Waals surface area contributed by atoms with Crippen molar-refractivity contribution in [2.75, 3.05) is 27.5 Å². The molecule has 1 atom stereocenters. The number of nitrogens with zero attached hydrogens (tertiary/aromatic N) is 1. The third-order valence-corrected chi connectivity index (χ3v) is 2.77. The molecule has 0 bridgehead atoms. The lowest BCUT2D eigenvalue weighted by Crippen LogP contribution is -2.27. The molecular weight excluding hydrogens is 232 g/mol. The number of allylic oxidation sites excluding steroid dienone is 3. The lowest BCUT2D eigenvalue weighted by molar-refractivity contribution is 0.108. The normalized spacial score (nSPS) is 19.3. The highest BCUT2D eigenvalue weighted by atomic mass is 16.6. The molecule has 0 saturated carbocycles. The topological polar surface area (TPSA) is 59.9 Å². The second kappa shape index (κ2) is 7.66. The van der Waals surface area contributed by atoms with Crippen LogP contribution >= 0.6 is 0 Å². The van der Waals surface area contributed by atoms with Gasteiger partial charge in [0.1, 0.15) is 6.73 Å². The van der Waals surface area contributed by atoms with E-state index in [0.29, 0.717) is 12.5 Å². The summed E-state index contributed by atoms with van der Waals surface area (Å²) in [6, 6.07) is 0. The number of nitrogens with one attached hydrogen (secondary N) is 1. The second-order valence-corrected chi connectivity index (χ2v) is 4.12. The molecule has 100 valence electrons. The van der Waals surface area contributed by atoms with Crippen LogP contribution in [0.4, 0.5) is 4.79 Å². The molecule has 0 aliphatic heterocycles. The molecule has 0 saturated heterocycles. The monoisotopic (exact) mass is 252 g/mol. The largest absolute Gasteiger partial charge is 0.449 e. The lowest BCUT2D eigenvalue weighted by atomic mass is 10.1. The first-order valence-corrected chi connectivity index (χ1v) is 5.87. The van der Waals surface area contributed by atoms with Gasteiger partial charge in [-0.15, -0.1) is 0 Å². The Morgan fingerprint density at radius 2 is 2.28 bits per heavy atom. The van der Waals surface area contributed by atoms with Gasteiger partial charge in [-0.2, -0.15) is 0 Å². The van der Waals surface area contributed by atoms with Crippen molar-refractivity contribution in [2.24, 2.45) is 10.9 Å². The van der Waals surface area contributed by atoms with Crippen molar-refractivity contribution in [3.05, 3.63) is 23.8 Å². The summed E-state index contributed by atoms with van der Waals surface area (Å²) in [4.78, 5) is 15.3. The Kier molecular flexibility index (Phi) is 6.14. The number of ether oxygens (including phenoxy) is 2. The number of hydrogen-bond donors (Lipinski definition) is 1. The van der Waals surface area contributed by atoms with E-state index >= 15 is 0 Å². The predicted molar refractivity (Wildman–Crippen MR) is 70.7 cm³/mol. The van der Waals surface area contributed by atoms with Gasteiger partial charge in [0, 0.05) is 26.3 Å². The quantitative estimate of drug-likeness (QED) is 0.580. The summed E-state index contributed by atoms with van der Waals surface area (Å²) < 4.78 is 9.83. The maximum absolute atomic E-state index is 11.2. The van der Waals surface area contributed by atoms with E-state index in [1.807, 2.05) is 12.3 Å². The molecule has 5 heteroatoms. The van der Waals surface area contributed by atoms with Gasteiger partial charge in [0.15, 0.2) is 0 Å². The Morgan fingerprint density at radius 1 is 1.56 bits per heavy atom. The molecule has 0 heterocycles. The molecular formula is C13H20N2O3. The van der Waals surface area contributed by atoms with Gasteiger partial charge in [0.2, 0.25) is 0 Å². The van der Waals surface area contributed by atoms with E-state index in [9.17, 15) is 4.79 Å². The zero-order valence-electron chi connectivity index (χ0n) is 10.9. The van der Waals surface area contributed by atoms with Gasteiger partial charge in [-0.3, -0.25) is 10.3 Å². The number of carbonyl (C=O) groups excluding carboxylic acids is 1. The van der Waals surface area contributed by atoms with Crippen LogP contribution in [-0.4, -0.2) is 39.8 Å². The molecule has 1 N–H and O–H groups in total. The van der Waals surface area contributed by atoms with Crippen LogP contribution in [-0.2, 0) is 9.47 Å². The first kappa shape index (κ1) is 14.4. The molecule has 0 aromatic carbocycles. The minimum atomic E-state index is -0.449. The van der Waals surface area contributed by atoms with Gasteiger partial charge in [-0.25, -0.2) is 4.79 Å². The number of methoxy groups -OCH3 is 1. The molecule has 1 unspecified atom stereocenters. The van der Waals surface area contributed by atoms with Gasteiger partial charge in [0.05, 0.1) is 6.61 Å². The Morgan fingerprint density at radius 3 is 2.89 bits per heavy atom. The van der Waals surface area contributed by atoms with E-state index < -0.39 is 6.09 Å². The Labute approximate surface area is 108 Å². The van der Waals surface area contributed by atoms with Crippen molar-refractivity contribution < 1.29 is 14.3 Å². The maximum Gasteiger partial charge on any atom is 0.408 e. The molecule has 1 aliphatic rings. The summed E-state index contributed by atoms with van der Waals surface area (Å²) >= 11 is 0. The summed E-state index contributed by atoms with van der Waals surface area (Å²) in [6.07, 6.45) is 5.00.